The first-order valence-corrected chi connectivity index (χ1v) is 6.32. The molecule has 1 saturated heterocycles. The van der Waals surface area contributed by atoms with Crippen molar-refractivity contribution in [3.63, 3.8) is 0 Å². The minimum atomic E-state index is -0.649. The Morgan fingerprint density at radius 2 is 2.06 bits per heavy atom. The van der Waals surface area contributed by atoms with Crippen LogP contribution in [0.2, 0.25) is 0 Å². The van der Waals surface area contributed by atoms with Crippen LogP contribution in [0.5, 0.6) is 0 Å². The van der Waals surface area contributed by atoms with Gasteiger partial charge in [0.25, 0.3) is 0 Å². The van der Waals surface area contributed by atoms with E-state index in [0.717, 1.165) is 32.6 Å². The number of carboxylic acids is 1. The summed E-state index contributed by atoms with van der Waals surface area (Å²) >= 11 is 0. The molecule has 2 N–H and O–H groups in total. The van der Waals surface area contributed by atoms with Crippen LogP contribution in [0.1, 0.15) is 33.6 Å². The quantitative estimate of drug-likeness (QED) is 0.741. The first kappa shape index (κ1) is 13.5. The number of aliphatic carboxylic acids is 1. The number of nitrogens with zero attached hydrogens (tertiary/aromatic N) is 1. The molecule has 0 spiro atoms. The number of hydrogen-bond donors (Lipinski definition) is 2. The molecule has 1 heterocycles. The van der Waals surface area contributed by atoms with Crippen molar-refractivity contribution in [1.29, 1.82) is 0 Å². The highest BCUT2D eigenvalue weighted by Gasteiger charge is 2.49. The van der Waals surface area contributed by atoms with E-state index in [4.69, 9.17) is 0 Å². The van der Waals surface area contributed by atoms with Crippen LogP contribution in [0.4, 0.5) is 0 Å². The molecule has 16 heavy (non-hydrogen) atoms. The van der Waals surface area contributed by atoms with Gasteiger partial charge in [0.1, 0.15) is 5.54 Å². The Kier molecular flexibility index (Phi) is 4.74. The molecule has 0 amide bonds. The zero-order chi connectivity index (χ0) is 12.2. The Labute approximate surface area is 98.0 Å². The van der Waals surface area contributed by atoms with Gasteiger partial charge in [-0.3, -0.25) is 9.69 Å². The van der Waals surface area contributed by atoms with Crippen LogP contribution in [0.25, 0.3) is 0 Å². The van der Waals surface area contributed by atoms with E-state index in [9.17, 15) is 9.90 Å². The molecular formula is C12H24N2O2. The van der Waals surface area contributed by atoms with E-state index in [-0.39, 0.29) is 5.92 Å². The van der Waals surface area contributed by atoms with Crippen LogP contribution in [0.3, 0.4) is 0 Å². The Bertz CT molecular complexity index is 232. The number of likely N-dealkylation sites (N-methyl/N-ethyl adjacent to an activating group) is 1. The van der Waals surface area contributed by atoms with E-state index >= 15 is 0 Å². The smallest absolute Gasteiger partial charge is 0.324 e. The largest absolute Gasteiger partial charge is 0.480 e. The number of rotatable bonds is 5. The normalized spacial score (nSPS) is 30.6. The van der Waals surface area contributed by atoms with Crippen LogP contribution < -0.4 is 5.32 Å². The fraction of sp³-hybridized carbons (Fsp3) is 0.917. The fourth-order valence-electron chi connectivity index (χ4n) is 3.03. The summed E-state index contributed by atoms with van der Waals surface area (Å²) < 4.78 is 0. The van der Waals surface area contributed by atoms with E-state index in [1.807, 2.05) is 13.8 Å². The molecule has 4 heteroatoms. The summed E-state index contributed by atoms with van der Waals surface area (Å²) in [5, 5.41) is 13.0. The predicted octanol–water partition coefficient (Wildman–Crippen LogP) is 1.17. The van der Waals surface area contributed by atoms with Gasteiger partial charge in [0, 0.05) is 12.5 Å². The zero-order valence-corrected chi connectivity index (χ0v) is 10.6. The molecule has 0 radical (unpaired) electrons. The average molecular weight is 228 g/mol. The third-order valence-corrected chi connectivity index (χ3v) is 3.94. The lowest BCUT2D eigenvalue weighted by Gasteiger charge is -2.47. The van der Waals surface area contributed by atoms with Gasteiger partial charge in [-0.05, 0) is 32.5 Å². The fourth-order valence-corrected chi connectivity index (χ4v) is 3.03. The molecular weight excluding hydrogens is 204 g/mol. The standard InChI is InChI=1S/C12H24N2O2/c1-4-10-9-13-8-7-12(10,11(15)16)14(5-2)6-3/h10,13H,4-9H2,1-3H3,(H,15,16). The molecule has 1 fully saturated rings. The molecule has 0 aliphatic carbocycles. The van der Waals surface area contributed by atoms with Gasteiger partial charge in [-0.1, -0.05) is 20.8 Å². The monoisotopic (exact) mass is 228 g/mol. The van der Waals surface area contributed by atoms with Gasteiger partial charge >= 0.3 is 5.97 Å². The van der Waals surface area contributed by atoms with E-state index in [1.165, 1.54) is 0 Å². The van der Waals surface area contributed by atoms with E-state index < -0.39 is 11.5 Å². The number of hydrogen-bond acceptors (Lipinski definition) is 3. The maximum Gasteiger partial charge on any atom is 0.324 e. The first-order valence-electron chi connectivity index (χ1n) is 6.32. The van der Waals surface area contributed by atoms with Gasteiger partial charge in [-0.2, -0.15) is 0 Å². The zero-order valence-electron chi connectivity index (χ0n) is 10.6. The molecule has 4 nitrogen and oxygen atoms in total. The highest BCUT2D eigenvalue weighted by atomic mass is 16.4. The molecule has 0 aromatic carbocycles. The van der Waals surface area contributed by atoms with Gasteiger partial charge in [0.2, 0.25) is 0 Å². The van der Waals surface area contributed by atoms with E-state index in [0.29, 0.717) is 6.42 Å². The Morgan fingerprint density at radius 1 is 1.44 bits per heavy atom. The van der Waals surface area contributed by atoms with Gasteiger partial charge in [0.15, 0.2) is 0 Å². The van der Waals surface area contributed by atoms with Crippen molar-refractivity contribution in [2.24, 2.45) is 5.92 Å². The molecule has 1 aliphatic heterocycles. The number of piperidine rings is 1. The summed E-state index contributed by atoms with van der Waals surface area (Å²) in [6.45, 7) is 9.40. The highest BCUT2D eigenvalue weighted by molar-refractivity contribution is 5.79. The second kappa shape index (κ2) is 5.64. The van der Waals surface area contributed by atoms with Crippen molar-refractivity contribution >= 4 is 5.97 Å². The van der Waals surface area contributed by atoms with Crippen molar-refractivity contribution in [3.05, 3.63) is 0 Å². The summed E-state index contributed by atoms with van der Waals surface area (Å²) in [6.07, 6.45) is 1.62. The van der Waals surface area contributed by atoms with Crippen molar-refractivity contribution < 1.29 is 9.90 Å². The van der Waals surface area contributed by atoms with E-state index in [1.54, 1.807) is 0 Å². The van der Waals surface area contributed by atoms with Crippen LogP contribution >= 0.6 is 0 Å². The Balaban J connectivity index is 3.04. The minimum Gasteiger partial charge on any atom is -0.480 e. The summed E-state index contributed by atoms with van der Waals surface area (Å²) in [5.41, 5.74) is -0.649. The molecule has 0 aromatic rings. The third-order valence-electron chi connectivity index (χ3n) is 3.94. The lowest BCUT2D eigenvalue weighted by Crippen LogP contribution is -2.64. The van der Waals surface area contributed by atoms with Gasteiger partial charge in [-0.15, -0.1) is 0 Å². The SMILES string of the molecule is CCC1CNCCC1(C(=O)O)N(CC)CC. The minimum absolute atomic E-state index is 0.207. The van der Waals surface area contributed by atoms with E-state index in [2.05, 4.69) is 17.1 Å². The first-order chi connectivity index (χ1) is 7.63. The van der Waals surface area contributed by atoms with Crippen molar-refractivity contribution in [3.8, 4) is 0 Å². The molecule has 0 aromatic heterocycles. The Hall–Kier alpha value is -0.610. The number of carboxylic acid groups (broad SMARTS) is 1. The average Bonchev–Trinajstić information content (AvgIpc) is 2.30. The summed E-state index contributed by atoms with van der Waals surface area (Å²) in [5.74, 6) is -0.441. The van der Waals surface area contributed by atoms with Crippen LogP contribution in [-0.2, 0) is 4.79 Å². The van der Waals surface area contributed by atoms with Crippen LogP contribution in [-0.4, -0.2) is 47.7 Å². The molecule has 0 bridgehead atoms. The second-order valence-electron chi connectivity index (χ2n) is 4.46. The number of nitrogens with one attached hydrogen (secondary N) is 1. The summed E-state index contributed by atoms with van der Waals surface area (Å²) in [6, 6.07) is 0. The van der Waals surface area contributed by atoms with Crippen molar-refractivity contribution in [1.82, 2.24) is 10.2 Å². The van der Waals surface area contributed by atoms with Crippen molar-refractivity contribution in [2.45, 2.75) is 39.2 Å². The van der Waals surface area contributed by atoms with Crippen LogP contribution in [0.15, 0.2) is 0 Å². The van der Waals surface area contributed by atoms with Gasteiger partial charge in [-0.25, -0.2) is 0 Å². The molecule has 0 saturated carbocycles. The topological polar surface area (TPSA) is 52.6 Å². The third kappa shape index (κ3) is 2.09. The lowest BCUT2D eigenvalue weighted by atomic mass is 9.75. The van der Waals surface area contributed by atoms with Gasteiger partial charge < -0.3 is 10.4 Å². The van der Waals surface area contributed by atoms with Gasteiger partial charge in [0.05, 0.1) is 0 Å². The summed E-state index contributed by atoms with van der Waals surface area (Å²) in [7, 11) is 0. The molecule has 1 rings (SSSR count). The maximum absolute atomic E-state index is 11.7. The summed E-state index contributed by atoms with van der Waals surface area (Å²) in [4.78, 5) is 13.9. The highest BCUT2D eigenvalue weighted by Crippen LogP contribution is 2.33. The van der Waals surface area contributed by atoms with Crippen LogP contribution in [0, 0.1) is 5.92 Å². The number of carbonyl (C=O) groups is 1. The molecule has 1 aliphatic rings. The maximum atomic E-state index is 11.7. The molecule has 94 valence electrons. The lowest BCUT2D eigenvalue weighted by molar-refractivity contribution is -0.158. The second-order valence-corrected chi connectivity index (χ2v) is 4.46. The molecule has 2 atom stereocenters. The molecule has 2 unspecified atom stereocenters. The Morgan fingerprint density at radius 3 is 2.50 bits per heavy atom. The predicted molar refractivity (Wildman–Crippen MR) is 64.6 cm³/mol. The van der Waals surface area contributed by atoms with Crippen molar-refractivity contribution in [2.75, 3.05) is 26.2 Å².